The Kier molecular flexibility index (Phi) is 5.64. The molecule has 0 aliphatic carbocycles. The van der Waals surface area contributed by atoms with Crippen LogP contribution >= 0.6 is 12.2 Å². The molecule has 122 valence electrons. The van der Waals surface area contributed by atoms with Crippen molar-refractivity contribution in [1.82, 2.24) is 9.29 Å². The second-order valence-electron chi connectivity index (χ2n) is 4.87. The smallest absolute Gasteiger partial charge is 0.261 e. The van der Waals surface area contributed by atoms with E-state index >= 15 is 0 Å². The molecule has 8 heteroatoms. The lowest BCUT2D eigenvalue weighted by Gasteiger charge is -2.13. The maximum Gasteiger partial charge on any atom is 0.261 e. The highest BCUT2D eigenvalue weighted by atomic mass is 32.2. The van der Waals surface area contributed by atoms with Gasteiger partial charge in [-0.1, -0.05) is 6.07 Å². The van der Waals surface area contributed by atoms with Gasteiger partial charge in [0.25, 0.3) is 5.17 Å². The molecule has 0 saturated carbocycles. The van der Waals surface area contributed by atoms with Gasteiger partial charge in [0, 0.05) is 37.7 Å². The van der Waals surface area contributed by atoms with Crippen LogP contribution < -0.4 is 5.32 Å². The quantitative estimate of drug-likeness (QED) is 0.833. The zero-order chi connectivity index (χ0) is 16.9. The van der Waals surface area contributed by atoms with E-state index in [-0.39, 0.29) is 10.1 Å². The zero-order valence-electron chi connectivity index (χ0n) is 12.8. The summed E-state index contributed by atoms with van der Waals surface area (Å²) in [4.78, 5) is 4.21. The second kappa shape index (κ2) is 7.49. The fourth-order valence-electron chi connectivity index (χ4n) is 1.71. The van der Waals surface area contributed by atoms with Crippen LogP contribution in [-0.4, -0.2) is 37.0 Å². The summed E-state index contributed by atoms with van der Waals surface area (Å²) in [6, 6.07) is 10.0. The van der Waals surface area contributed by atoms with Crippen LogP contribution in [0, 0.1) is 0 Å². The lowest BCUT2D eigenvalue weighted by Crippen LogP contribution is -2.22. The number of thiocarbonyl (C=S) groups is 1. The Labute approximate surface area is 141 Å². The Morgan fingerprint density at radius 1 is 1.26 bits per heavy atom. The minimum absolute atomic E-state index is 0.206. The molecule has 1 aromatic heterocycles. The van der Waals surface area contributed by atoms with Crippen LogP contribution in [0.2, 0.25) is 0 Å². The van der Waals surface area contributed by atoms with Crippen LogP contribution in [0.4, 0.5) is 5.69 Å². The van der Waals surface area contributed by atoms with Crippen molar-refractivity contribution in [1.29, 1.82) is 0 Å². The molecule has 0 aliphatic heterocycles. The van der Waals surface area contributed by atoms with Crippen LogP contribution in [0.5, 0.6) is 0 Å². The average Bonchev–Trinajstić information content (AvgIpc) is 2.54. The molecule has 2 aromatic rings. The Hall–Kier alpha value is -2.03. The van der Waals surface area contributed by atoms with Crippen molar-refractivity contribution in [3.8, 4) is 0 Å². The van der Waals surface area contributed by atoms with E-state index in [1.54, 1.807) is 24.5 Å². The van der Waals surface area contributed by atoms with Crippen LogP contribution in [0.1, 0.15) is 5.56 Å². The lowest BCUT2D eigenvalue weighted by atomic mass is 10.3. The minimum Gasteiger partial charge on any atom is -0.466 e. The van der Waals surface area contributed by atoms with Gasteiger partial charge in [-0.2, -0.15) is 0 Å². The summed E-state index contributed by atoms with van der Waals surface area (Å²) >= 11 is 5.10. The molecule has 1 N–H and O–H groups in total. The molecule has 0 saturated heterocycles. The SMILES string of the molecule is CN(C)S(=O)(=O)c1ccc(NC(=S)OCc2cccnc2)cc1. The van der Waals surface area contributed by atoms with Crippen molar-refractivity contribution in [2.24, 2.45) is 0 Å². The van der Waals surface area contributed by atoms with E-state index in [1.165, 1.54) is 26.2 Å². The second-order valence-corrected chi connectivity index (χ2v) is 7.40. The van der Waals surface area contributed by atoms with Crippen molar-refractivity contribution in [3.63, 3.8) is 0 Å². The number of pyridine rings is 1. The Bertz CT molecular complexity index is 760. The standard InChI is InChI=1S/C15H17N3O3S2/c1-18(2)23(19,20)14-7-5-13(6-8-14)17-15(22)21-11-12-4-3-9-16-10-12/h3-10H,11H2,1-2H3,(H,17,22). The molecule has 23 heavy (non-hydrogen) atoms. The number of aromatic nitrogens is 1. The van der Waals surface area contributed by atoms with Gasteiger partial charge in [-0.05, 0) is 42.5 Å². The van der Waals surface area contributed by atoms with Gasteiger partial charge in [0.05, 0.1) is 4.90 Å². The van der Waals surface area contributed by atoms with Gasteiger partial charge < -0.3 is 10.1 Å². The number of ether oxygens (including phenoxy) is 1. The van der Waals surface area contributed by atoms with Gasteiger partial charge in [0.15, 0.2) is 0 Å². The summed E-state index contributed by atoms with van der Waals surface area (Å²) in [5.41, 5.74) is 1.56. The van der Waals surface area contributed by atoms with Crippen molar-refractivity contribution in [2.75, 3.05) is 19.4 Å². The maximum atomic E-state index is 12.0. The van der Waals surface area contributed by atoms with E-state index in [4.69, 9.17) is 17.0 Å². The molecular formula is C15H17N3O3S2. The van der Waals surface area contributed by atoms with Crippen molar-refractivity contribution in [2.45, 2.75) is 11.5 Å². The van der Waals surface area contributed by atoms with Crippen LogP contribution in [0.25, 0.3) is 0 Å². The molecule has 0 radical (unpaired) electrons. The largest absolute Gasteiger partial charge is 0.466 e. The summed E-state index contributed by atoms with van der Waals surface area (Å²) in [5.74, 6) is 0. The van der Waals surface area contributed by atoms with E-state index in [9.17, 15) is 8.42 Å². The summed E-state index contributed by atoms with van der Waals surface area (Å²) in [6.07, 6.45) is 3.38. The number of benzene rings is 1. The maximum absolute atomic E-state index is 12.0. The average molecular weight is 351 g/mol. The lowest BCUT2D eigenvalue weighted by molar-refractivity contribution is 0.299. The number of hydrogen-bond donors (Lipinski definition) is 1. The van der Waals surface area contributed by atoms with Gasteiger partial charge in [-0.15, -0.1) is 0 Å². The molecule has 0 fully saturated rings. The molecule has 1 heterocycles. The van der Waals surface area contributed by atoms with Gasteiger partial charge in [-0.3, -0.25) is 4.98 Å². The summed E-state index contributed by atoms with van der Waals surface area (Å²) in [7, 11) is -0.456. The summed E-state index contributed by atoms with van der Waals surface area (Å²) < 4.78 is 30.5. The molecule has 6 nitrogen and oxygen atoms in total. The highest BCUT2D eigenvalue weighted by Gasteiger charge is 2.16. The van der Waals surface area contributed by atoms with Crippen LogP contribution in [-0.2, 0) is 21.4 Å². The molecule has 0 aliphatic rings. The first-order chi connectivity index (χ1) is 10.9. The molecule has 0 spiro atoms. The third-order valence-corrected chi connectivity index (χ3v) is 5.02. The molecule has 0 atom stereocenters. The molecule has 1 aromatic carbocycles. The predicted molar refractivity (Wildman–Crippen MR) is 92.6 cm³/mol. The van der Waals surface area contributed by atoms with E-state index in [0.29, 0.717) is 12.3 Å². The fourth-order valence-corrected chi connectivity index (χ4v) is 2.79. The Morgan fingerprint density at radius 2 is 1.96 bits per heavy atom. The molecule has 0 bridgehead atoms. The molecule has 0 amide bonds. The van der Waals surface area contributed by atoms with E-state index < -0.39 is 10.0 Å². The number of nitrogens with one attached hydrogen (secondary N) is 1. The number of hydrogen-bond acceptors (Lipinski definition) is 5. The Morgan fingerprint density at radius 3 is 2.52 bits per heavy atom. The Balaban J connectivity index is 1.94. The van der Waals surface area contributed by atoms with E-state index in [2.05, 4.69) is 10.3 Å². The predicted octanol–water partition coefficient (Wildman–Crippen LogP) is 2.25. The minimum atomic E-state index is -3.43. The third-order valence-electron chi connectivity index (χ3n) is 2.97. The summed E-state index contributed by atoms with van der Waals surface area (Å²) in [6.45, 7) is 0.312. The normalized spacial score (nSPS) is 11.3. The first-order valence-corrected chi connectivity index (χ1v) is 8.60. The molecular weight excluding hydrogens is 334 g/mol. The van der Waals surface area contributed by atoms with Gasteiger partial charge in [0.2, 0.25) is 10.0 Å². The number of sulfonamides is 1. The van der Waals surface area contributed by atoms with Crippen molar-refractivity contribution in [3.05, 3.63) is 54.4 Å². The van der Waals surface area contributed by atoms with Gasteiger partial charge in [0.1, 0.15) is 6.61 Å². The first kappa shape index (κ1) is 17.3. The van der Waals surface area contributed by atoms with Crippen LogP contribution in [0.15, 0.2) is 53.7 Å². The number of rotatable bonds is 5. The monoisotopic (exact) mass is 351 g/mol. The molecule has 0 unspecified atom stereocenters. The third kappa shape index (κ3) is 4.72. The number of nitrogens with zero attached hydrogens (tertiary/aromatic N) is 2. The molecule has 2 rings (SSSR count). The fraction of sp³-hybridized carbons (Fsp3) is 0.200. The topological polar surface area (TPSA) is 71.5 Å². The van der Waals surface area contributed by atoms with Gasteiger partial charge in [-0.25, -0.2) is 12.7 Å². The summed E-state index contributed by atoms with van der Waals surface area (Å²) in [5, 5.41) is 3.11. The van der Waals surface area contributed by atoms with E-state index in [0.717, 1.165) is 9.87 Å². The van der Waals surface area contributed by atoms with Crippen molar-refractivity contribution >= 4 is 33.1 Å². The zero-order valence-corrected chi connectivity index (χ0v) is 14.4. The number of anilines is 1. The van der Waals surface area contributed by atoms with E-state index in [1.807, 2.05) is 12.1 Å². The highest BCUT2D eigenvalue weighted by molar-refractivity contribution is 7.89. The first-order valence-electron chi connectivity index (χ1n) is 6.75. The highest BCUT2D eigenvalue weighted by Crippen LogP contribution is 2.16. The van der Waals surface area contributed by atoms with Crippen LogP contribution in [0.3, 0.4) is 0 Å². The van der Waals surface area contributed by atoms with Crippen molar-refractivity contribution < 1.29 is 13.2 Å². The van der Waals surface area contributed by atoms with Gasteiger partial charge >= 0.3 is 0 Å².